The zero-order valence-corrected chi connectivity index (χ0v) is 11.0. The Morgan fingerprint density at radius 2 is 2.00 bits per heavy atom. The van der Waals surface area contributed by atoms with Crippen molar-refractivity contribution in [1.29, 1.82) is 0 Å². The van der Waals surface area contributed by atoms with Gasteiger partial charge in [-0.3, -0.25) is 0 Å². The molecule has 2 heterocycles. The summed E-state index contributed by atoms with van der Waals surface area (Å²) in [5, 5.41) is 7.79. The van der Waals surface area contributed by atoms with Crippen LogP contribution in [0.2, 0.25) is 0 Å². The van der Waals surface area contributed by atoms with Crippen LogP contribution in [-0.2, 0) is 0 Å². The summed E-state index contributed by atoms with van der Waals surface area (Å²) in [5.41, 5.74) is 1.04. The van der Waals surface area contributed by atoms with Gasteiger partial charge in [-0.25, -0.2) is 14.6 Å². The Morgan fingerprint density at radius 1 is 1.16 bits per heavy atom. The van der Waals surface area contributed by atoms with Crippen LogP contribution in [0.3, 0.4) is 0 Å². The normalized spacial score (nSPS) is 17.1. The minimum absolute atomic E-state index is 0.550. The molecule has 0 bridgehead atoms. The zero-order chi connectivity index (χ0) is 12.9. The molecule has 2 aromatic rings. The largest absolute Gasteiger partial charge is 0.379 e. The molecule has 1 saturated carbocycles. The Hall–Kier alpha value is -1.91. The summed E-state index contributed by atoms with van der Waals surface area (Å²) in [7, 11) is 0. The first-order valence-corrected chi connectivity index (χ1v) is 7.00. The molecule has 0 atom stereocenters. The fourth-order valence-electron chi connectivity index (χ4n) is 2.65. The van der Waals surface area contributed by atoms with E-state index in [1.54, 1.807) is 17.2 Å². The third-order valence-electron chi connectivity index (χ3n) is 3.64. The van der Waals surface area contributed by atoms with Crippen molar-refractivity contribution in [3.05, 3.63) is 31.0 Å². The molecule has 1 aliphatic carbocycles. The molecule has 5 heteroatoms. The lowest BCUT2D eigenvalue weighted by Gasteiger charge is -2.19. The van der Waals surface area contributed by atoms with E-state index in [9.17, 15) is 0 Å². The van der Waals surface area contributed by atoms with Gasteiger partial charge in [-0.2, -0.15) is 5.10 Å². The Kier molecular flexibility index (Phi) is 3.72. The van der Waals surface area contributed by atoms with Crippen molar-refractivity contribution in [2.75, 3.05) is 5.32 Å². The van der Waals surface area contributed by atoms with Gasteiger partial charge in [0.05, 0.1) is 5.69 Å². The highest BCUT2D eigenvalue weighted by molar-refractivity contribution is 5.56. The van der Waals surface area contributed by atoms with Gasteiger partial charge in [0.2, 0.25) is 0 Å². The van der Waals surface area contributed by atoms with Gasteiger partial charge < -0.3 is 5.32 Å². The highest BCUT2D eigenvalue weighted by Gasteiger charge is 2.14. The van der Waals surface area contributed by atoms with Gasteiger partial charge in [0.25, 0.3) is 0 Å². The van der Waals surface area contributed by atoms with Crippen LogP contribution >= 0.6 is 0 Å². The Bertz CT molecular complexity index is 500. The average molecular weight is 257 g/mol. The van der Waals surface area contributed by atoms with Crippen molar-refractivity contribution in [3.63, 3.8) is 0 Å². The fourth-order valence-corrected chi connectivity index (χ4v) is 2.65. The van der Waals surface area contributed by atoms with Gasteiger partial charge in [0, 0.05) is 12.2 Å². The molecule has 0 amide bonds. The molecule has 5 nitrogen and oxygen atoms in total. The number of aromatic nitrogens is 4. The van der Waals surface area contributed by atoms with Crippen LogP contribution in [0.1, 0.15) is 38.5 Å². The van der Waals surface area contributed by atoms with Crippen LogP contribution < -0.4 is 5.32 Å². The van der Waals surface area contributed by atoms with E-state index >= 15 is 0 Å². The molecule has 0 aliphatic heterocycles. The van der Waals surface area contributed by atoms with Crippen LogP contribution in [0.4, 0.5) is 5.69 Å². The average Bonchev–Trinajstić information content (AvgIpc) is 2.85. The molecule has 0 radical (unpaired) electrons. The maximum atomic E-state index is 4.41. The predicted octanol–water partition coefficient (Wildman–Crippen LogP) is 2.80. The van der Waals surface area contributed by atoms with Gasteiger partial charge in [-0.05, 0) is 25.0 Å². The summed E-state index contributed by atoms with van der Waals surface area (Å²) in [5.74, 6) is 0.823. The first kappa shape index (κ1) is 12.1. The maximum Gasteiger partial charge on any atom is 0.178 e. The number of rotatable bonds is 3. The monoisotopic (exact) mass is 257 g/mol. The number of nitrogens with one attached hydrogen (secondary N) is 1. The summed E-state index contributed by atoms with van der Waals surface area (Å²) in [4.78, 5) is 8.39. The quantitative estimate of drug-likeness (QED) is 0.859. The summed E-state index contributed by atoms with van der Waals surface area (Å²) < 4.78 is 1.71. The third-order valence-corrected chi connectivity index (χ3v) is 3.64. The highest BCUT2D eigenvalue weighted by atomic mass is 15.3. The summed E-state index contributed by atoms with van der Waals surface area (Å²) in [6, 6.07) is 4.57. The molecule has 3 rings (SSSR count). The molecule has 1 N–H and O–H groups in total. The number of hydrogen-bond acceptors (Lipinski definition) is 4. The SMILES string of the molecule is c1cnc(-n2cncn2)c(NC2CCCCCC2)c1. The topological polar surface area (TPSA) is 55.6 Å². The second-order valence-corrected chi connectivity index (χ2v) is 5.05. The Labute approximate surface area is 113 Å². The standard InChI is InChI=1S/C14H19N5/c1-2-4-7-12(6-3-1)18-13-8-5-9-16-14(13)19-11-15-10-17-19/h5,8-12,18H,1-4,6-7H2. The van der Waals surface area contributed by atoms with E-state index in [1.165, 1.54) is 44.9 Å². The second kappa shape index (κ2) is 5.82. The van der Waals surface area contributed by atoms with E-state index in [2.05, 4.69) is 26.4 Å². The number of hydrogen-bond donors (Lipinski definition) is 1. The van der Waals surface area contributed by atoms with Crippen molar-refractivity contribution in [3.8, 4) is 5.82 Å². The number of nitrogens with zero attached hydrogens (tertiary/aromatic N) is 4. The van der Waals surface area contributed by atoms with E-state index in [0.29, 0.717) is 6.04 Å². The fraction of sp³-hybridized carbons (Fsp3) is 0.500. The first-order chi connectivity index (χ1) is 9.43. The summed E-state index contributed by atoms with van der Waals surface area (Å²) in [6.45, 7) is 0. The molecular formula is C14H19N5. The minimum atomic E-state index is 0.550. The molecule has 0 spiro atoms. The van der Waals surface area contributed by atoms with E-state index in [-0.39, 0.29) is 0 Å². The van der Waals surface area contributed by atoms with E-state index < -0.39 is 0 Å². The van der Waals surface area contributed by atoms with Crippen LogP contribution in [0.25, 0.3) is 5.82 Å². The number of anilines is 1. The maximum absolute atomic E-state index is 4.41. The molecule has 2 aromatic heterocycles. The second-order valence-electron chi connectivity index (χ2n) is 5.05. The van der Waals surface area contributed by atoms with E-state index in [0.717, 1.165) is 11.5 Å². The number of pyridine rings is 1. The lowest BCUT2D eigenvalue weighted by Crippen LogP contribution is -2.20. The van der Waals surface area contributed by atoms with Gasteiger partial charge >= 0.3 is 0 Å². The molecule has 0 saturated heterocycles. The summed E-state index contributed by atoms with van der Waals surface area (Å²) in [6.07, 6.45) is 12.8. The third kappa shape index (κ3) is 2.92. The molecular weight excluding hydrogens is 238 g/mol. The van der Waals surface area contributed by atoms with Crippen LogP contribution in [-0.4, -0.2) is 25.8 Å². The van der Waals surface area contributed by atoms with Gasteiger partial charge in [-0.1, -0.05) is 25.7 Å². The van der Waals surface area contributed by atoms with E-state index in [1.807, 2.05) is 6.07 Å². The van der Waals surface area contributed by atoms with Gasteiger partial charge in [0.15, 0.2) is 5.82 Å². The first-order valence-electron chi connectivity index (χ1n) is 7.00. The van der Waals surface area contributed by atoms with Crippen molar-refractivity contribution in [2.45, 2.75) is 44.6 Å². The Morgan fingerprint density at radius 3 is 2.74 bits per heavy atom. The molecule has 100 valence electrons. The molecule has 0 unspecified atom stereocenters. The minimum Gasteiger partial charge on any atom is -0.379 e. The molecule has 1 fully saturated rings. The molecule has 19 heavy (non-hydrogen) atoms. The smallest absolute Gasteiger partial charge is 0.178 e. The van der Waals surface area contributed by atoms with Crippen LogP contribution in [0.5, 0.6) is 0 Å². The van der Waals surface area contributed by atoms with Crippen molar-refractivity contribution in [1.82, 2.24) is 19.7 Å². The van der Waals surface area contributed by atoms with Crippen LogP contribution in [0.15, 0.2) is 31.0 Å². The van der Waals surface area contributed by atoms with Gasteiger partial charge in [0.1, 0.15) is 12.7 Å². The Balaban J connectivity index is 1.80. The van der Waals surface area contributed by atoms with Crippen molar-refractivity contribution >= 4 is 5.69 Å². The highest BCUT2D eigenvalue weighted by Crippen LogP contribution is 2.23. The lowest BCUT2D eigenvalue weighted by molar-refractivity contribution is 0.618. The predicted molar refractivity (Wildman–Crippen MR) is 74.3 cm³/mol. The summed E-state index contributed by atoms with van der Waals surface area (Å²) >= 11 is 0. The van der Waals surface area contributed by atoms with Crippen molar-refractivity contribution < 1.29 is 0 Å². The van der Waals surface area contributed by atoms with Crippen molar-refractivity contribution in [2.24, 2.45) is 0 Å². The molecule has 0 aromatic carbocycles. The van der Waals surface area contributed by atoms with Gasteiger partial charge in [-0.15, -0.1) is 0 Å². The lowest BCUT2D eigenvalue weighted by atomic mass is 10.1. The van der Waals surface area contributed by atoms with Crippen LogP contribution in [0, 0.1) is 0 Å². The molecule has 1 aliphatic rings. The zero-order valence-electron chi connectivity index (χ0n) is 11.0. The van der Waals surface area contributed by atoms with E-state index in [4.69, 9.17) is 0 Å².